The second kappa shape index (κ2) is 6.48. The average Bonchev–Trinajstić information content (AvgIpc) is 3.26. The molecule has 0 saturated heterocycles. The summed E-state index contributed by atoms with van der Waals surface area (Å²) in [7, 11) is 0. The standard InChI is InChI=1S/C17H23N3O2/c18-14(12-5-6-12)10-19-16(21)3-1-2-11-4-7-15-13(8-11)9-17(22)20-15/h4,7-8,12,14H,1-3,5-6,9-10,18H2,(H,19,21)(H,20,22). The Morgan fingerprint density at radius 1 is 1.41 bits per heavy atom. The second-order valence-electron chi connectivity index (χ2n) is 6.38. The van der Waals surface area contributed by atoms with Crippen LogP contribution in [0.5, 0.6) is 0 Å². The van der Waals surface area contributed by atoms with Gasteiger partial charge in [0.15, 0.2) is 0 Å². The fourth-order valence-electron chi connectivity index (χ4n) is 2.90. The molecule has 22 heavy (non-hydrogen) atoms. The van der Waals surface area contributed by atoms with E-state index in [1.54, 1.807) is 0 Å². The van der Waals surface area contributed by atoms with Crippen LogP contribution in [-0.4, -0.2) is 24.4 Å². The molecule has 0 aromatic heterocycles. The first kappa shape index (κ1) is 15.0. The maximum absolute atomic E-state index is 11.8. The molecule has 2 amide bonds. The van der Waals surface area contributed by atoms with Gasteiger partial charge >= 0.3 is 0 Å². The zero-order valence-electron chi connectivity index (χ0n) is 12.7. The van der Waals surface area contributed by atoms with Crippen LogP contribution < -0.4 is 16.4 Å². The van der Waals surface area contributed by atoms with Crippen LogP contribution in [0.25, 0.3) is 0 Å². The van der Waals surface area contributed by atoms with Gasteiger partial charge in [-0.05, 0) is 48.8 Å². The van der Waals surface area contributed by atoms with Gasteiger partial charge in [-0.3, -0.25) is 9.59 Å². The Balaban J connectivity index is 1.38. The van der Waals surface area contributed by atoms with Gasteiger partial charge in [0.25, 0.3) is 0 Å². The molecule has 0 spiro atoms. The highest BCUT2D eigenvalue weighted by Crippen LogP contribution is 2.31. The number of hydrogen-bond acceptors (Lipinski definition) is 3. The number of carbonyl (C=O) groups is 2. The van der Waals surface area contributed by atoms with E-state index in [9.17, 15) is 9.59 Å². The van der Waals surface area contributed by atoms with Crippen LogP contribution in [0.2, 0.25) is 0 Å². The van der Waals surface area contributed by atoms with E-state index in [0.29, 0.717) is 25.3 Å². The van der Waals surface area contributed by atoms with Crippen LogP contribution in [0.3, 0.4) is 0 Å². The van der Waals surface area contributed by atoms with Crippen molar-refractivity contribution in [1.29, 1.82) is 0 Å². The van der Waals surface area contributed by atoms with E-state index in [2.05, 4.69) is 16.7 Å². The Hall–Kier alpha value is -1.88. The van der Waals surface area contributed by atoms with E-state index >= 15 is 0 Å². The van der Waals surface area contributed by atoms with Crippen LogP contribution >= 0.6 is 0 Å². The van der Waals surface area contributed by atoms with E-state index in [1.165, 1.54) is 18.4 Å². The number of fused-ring (bicyclic) bond motifs is 1. The van der Waals surface area contributed by atoms with Gasteiger partial charge < -0.3 is 16.4 Å². The third kappa shape index (κ3) is 3.85. The molecule has 1 unspecified atom stereocenters. The van der Waals surface area contributed by atoms with Crippen molar-refractivity contribution < 1.29 is 9.59 Å². The van der Waals surface area contributed by atoms with Crippen molar-refractivity contribution in [1.82, 2.24) is 5.32 Å². The van der Waals surface area contributed by atoms with Crippen LogP contribution in [0, 0.1) is 5.92 Å². The third-order valence-corrected chi connectivity index (χ3v) is 4.43. The fraction of sp³-hybridized carbons (Fsp3) is 0.529. The monoisotopic (exact) mass is 301 g/mol. The molecular formula is C17H23N3O2. The van der Waals surface area contributed by atoms with Gasteiger partial charge in [-0.25, -0.2) is 0 Å². The molecule has 0 radical (unpaired) electrons. The molecule has 1 heterocycles. The number of anilines is 1. The summed E-state index contributed by atoms with van der Waals surface area (Å²) in [5.74, 6) is 0.746. The second-order valence-corrected chi connectivity index (χ2v) is 6.38. The summed E-state index contributed by atoms with van der Waals surface area (Å²) in [4.78, 5) is 23.1. The highest BCUT2D eigenvalue weighted by atomic mass is 16.2. The van der Waals surface area contributed by atoms with Crippen molar-refractivity contribution in [2.24, 2.45) is 11.7 Å². The zero-order valence-corrected chi connectivity index (χ0v) is 12.7. The van der Waals surface area contributed by atoms with E-state index in [1.807, 2.05) is 12.1 Å². The minimum Gasteiger partial charge on any atom is -0.355 e. The quantitative estimate of drug-likeness (QED) is 0.711. The predicted molar refractivity (Wildman–Crippen MR) is 85.4 cm³/mol. The first-order valence-electron chi connectivity index (χ1n) is 8.06. The molecule has 1 aromatic rings. The maximum atomic E-state index is 11.8. The first-order chi connectivity index (χ1) is 10.6. The topological polar surface area (TPSA) is 84.2 Å². The Bertz CT molecular complexity index is 581. The molecule has 1 aromatic carbocycles. The molecule has 1 aliphatic carbocycles. The lowest BCUT2D eigenvalue weighted by Crippen LogP contribution is -2.38. The number of nitrogens with two attached hydrogens (primary N) is 1. The smallest absolute Gasteiger partial charge is 0.228 e. The van der Waals surface area contributed by atoms with E-state index < -0.39 is 0 Å². The Morgan fingerprint density at radius 3 is 3.00 bits per heavy atom. The summed E-state index contributed by atoms with van der Waals surface area (Å²) in [6.07, 6.45) is 5.04. The van der Waals surface area contributed by atoms with Gasteiger partial charge in [0.1, 0.15) is 0 Å². The minimum atomic E-state index is 0.0542. The number of aryl methyl sites for hydroxylation is 1. The van der Waals surface area contributed by atoms with Crippen molar-refractivity contribution in [2.45, 2.75) is 44.6 Å². The molecule has 3 rings (SSSR count). The summed E-state index contributed by atoms with van der Waals surface area (Å²) in [5.41, 5.74) is 9.12. The van der Waals surface area contributed by atoms with Crippen molar-refractivity contribution in [2.75, 3.05) is 11.9 Å². The number of carbonyl (C=O) groups excluding carboxylic acids is 2. The molecule has 1 aliphatic heterocycles. The highest BCUT2D eigenvalue weighted by molar-refractivity contribution is 5.99. The molecule has 118 valence electrons. The highest BCUT2D eigenvalue weighted by Gasteiger charge is 2.28. The van der Waals surface area contributed by atoms with Gasteiger partial charge in [0.2, 0.25) is 11.8 Å². The number of amides is 2. The summed E-state index contributed by atoms with van der Waals surface area (Å²) in [5, 5.41) is 5.74. The zero-order chi connectivity index (χ0) is 15.5. The fourth-order valence-corrected chi connectivity index (χ4v) is 2.90. The molecule has 0 bridgehead atoms. The van der Waals surface area contributed by atoms with Crippen molar-refractivity contribution in [3.8, 4) is 0 Å². The largest absolute Gasteiger partial charge is 0.355 e. The molecule has 1 saturated carbocycles. The van der Waals surface area contributed by atoms with Crippen LogP contribution in [0.1, 0.15) is 36.8 Å². The van der Waals surface area contributed by atoms with Gasteiger partial charge in [0.05, 0.1) is 6.42 Å². The molecule has 4 N–H and O–H groups in total. The molecular weight excluding hydrogens is 278 g/mol. The molecule has 2 aliphatic rings. The SMILES string of the molecule is NC(CNC(=O)CCCc1ccc2c(c1)CC(=O)N2)C1CC1. The minimum absolute atomic E-state index is 0.0542. The summed E-state index contributed by atoms with van der Waals surface area (Å²) >= 11 is 0. The molecule has 1 fully saturated rings. The summed E-state index contributed by atoms with van der Waals surface area (Å²) in [6.45, 7) is 0.593. The average molecular weight is 301 g/mol. The summed E-state index contributed by atoms with van der Waals surface area (Å²) < 4.78 is 0. The molecule has 5 nitrogen and oxygen atoms in total. The van der Waals surface area contributed by atoms with E-state index in [0.717, 1.165) is 24.1 Å². The lowest BCUT2D eigenvalue weighted by atomic mass is 10.0. The van der Waals surface area contributed by atoms with Crippen molar-refractivity contribution in [3.05, 3.63) is 29.3 Å². The van der Waals surface area contributed by atoms with Crippen LogP contribution in [0.15, 0.2) is 18.2 Å². The van der Waals surface area contributed by atoms with Crippen molar-refractivity contribution >= 4 is 17.5 Å². The predicted octanol–water partition coefficient (Wildman–Crippen LogP) is 1.36. The van der Waals surface area contributed by atoms with Gasteiger partial charge in [-0.15, -0.1) is 0 Å². The normalized spacial score (nSPS) is 17.8. The van der Waals surface area contributed by atoms with E-state index in [-0.39, 0.29) is 17.9 Å². The summed E-state index contributed by atoms with van der Waals surface area (Å²) in [6, 6.07) is 6.15. The van der Waals surface area contributed by atoms with Gasteiger partial charge in [-0.1, -0.05) is 12.1 Å². The Kier molecular flexibility index (Phi) is 4.43. The molecule has 5 heteroatoms. The van der Waals surface area contributed by atoms with Crippen molar-refractivity contribution in [3.63, 3.8) is 0 Å². The Morgan fingerprint density at radius 2 is 2.23 bits per heavy atom. The number of hydrogen-bond donors (Lipinski definition) is 3. The van der Waals surface area contributed by atoms with Gasteiger partial charge in [0, 0.05) is 24.7 Å². The Labute approximate surface area is 130 Å². The number of nitrogens with one attached hydrogen (secondary N) is 2. The number of benzene rings is 1. The maximum Gasteiger partial charge on any atom is 0.228 e. The van der Waals surface area contributed by atoms with Gasteiger partial charge in [-0.2, -0.15) is 0 Å². The van der Waals surface area contributed by atoms with Crippen LogP contribution in [0.4, 0.5) is 5.69 Å². The van der Waals surface area contributed by atoms with Crippen LogP contribution in [-0.2, 0) is 22.4 Å². The number of rotatable bonds is 7. The lowest BCUT2D eigenvalue weighted by Gasteiger charge is -2.11. The van der Waals surface area contributed by atoms with E-state index in [4.69, 9.17) is 5.73 Å². The first-order valence-corrected chi connectivity index (χ1v) is 8.06. The lowest BCUT2D eigenvalue weighted by molar-refractivity contribution is -0.121. The third-order valence-electron chi connectivity index (χ3n) is 4.43. The molecule has 1 atom stereocenters.